The zero-order valence-electron chi connectivity index (χ0n) is 8.83. The molecule has 0 rings (SSSR count). The summed E-state index contributed by atoms with van der Waals surface area (Å²) >= 11 is 2.89. The second kappa shape index (κ2) is 62.2. The van der Waals surface area contributed by atoms with Crippen molar-refractivity contribution < 1.29 is 111 Å². The van der Waals surface area contributed by atoms with E-state index in [2.05, 4.69) is 0 Å². The van der Waals surface area contributed by atoms with Gasteiger partial charge in [-0.1, -0.05) is 0 Å². The van der Waals surface area contributed by atoms with Gasteiger partial charge in [0, 0.05) is 229 Å². The predicted molar refractivity (Wildman–Crippen MR) is 34.5 cm³/mol. The van der Waals surface area contributed by atoms with Crippen LogP contribution in [0.15, 0.2) is 0 Å². The molecule has 0 aliphatic heterocycles. The molecule has 0 nitrogen and oxygen atoms in total. The van der Waals surface area contributed by atoms with E-state index in [4.69, 9.17) is 0 Å². The first-order valence-electron chi connectivity index (χ1n) is 1.00. The number of rotatable bonds is 0. The van der Waals surface area contributed by atoms with Gasteiger partial charge in [0.1, 0.15) is 0 Å². The van der Waals surface area contributed by atoms with Gasteiger partial charge in [0.2, 0.25) is 0 Å². The summed E-state index contributed by atoms with van der Waals surface area (Å²) in [6.45, 7) is 0. The summed E-state index contributed by atoms with van der Waals surface area (Å²) in [5.74, 6) is 0. The molecule has 0 N–H and O–H groups in total. The summed E-state index contributed by atoms with van der Waals surface area (Å²) in [5, 5.41) is 0. The van der Waals surface area contributed by atoms with E-state index >= 15 is 0 Å². The Hall–Kier alpha value is 9.74. The molecule has 0 atom stereocenters. The molecular weight excluding hydrogens is 940 g/mol. The van der Waals surface area contributed by atoms with Gasteiger partial charge in [0.15, 0.2) is 0 Å². The zero-order chi connectivity index (χ0) is 2.00. The Labute approximate surface area is 263 Å². The summed E-state index contributed by atoms with van der Waals surface area (Å²) in [4.78, 5) is 0. The first-order chi connectivity index (χ1) is 1.00. The molecule has 0 amide bonds. The van der Waals surface area contributed by atoms with E-state index in [1.54, 1.807) is 0 Å². The normalized spacial score (nSPS) is 0.800. The molecule has 10 heteroatoms. The van der Waals surface area contributed by atoms with Crippen molar-refractivity contribution in [2.45, 2.75) is 0 Å². The first kappa shape index (κ1) is 60.1. The van der Waals surface area contributed by atoms with Gasteiger partial charge in [-0.15, -0.1) is 0 Å². The zero-order valence-corrected chi connectivity index (χ0v) is 42.8. The van der Waals surface area contributed by atoms with Crippen molar-refractivity contribution in [2.75, 3.05) is 0 Å². The third kappa shape index (κ3) is 52.4. The molecule has 4 radical (unpaired) electrons. The van der Waals surface area contributed by atoms with Crippen molar-refractivity contribution >= 4 is 162 Å². The van der Waals surface area contributed by atoms with Crippen LogP contribution in [0.25, 0.3) is 0 Å². The van der Waals surface area contributed by atoms with E-state index in [0.717, 1.165) is 0 Å². The Bertz CT molecular complexity index is 9.71. The maximum atomic E-state index is 1.44. The average Bonchev–Trinajstić information content (AvgIpc) is 1.00. The molecule has 0 unspecified atom stereocenters. The molecule has 0 fully saturated rings. The van der Waals surface area contributed by atoms with Gasteiger partial charge >= 0.3 is 43.6 Å². The van der Waals surface area contributed by atoms with Crippen molar-refractivity contribution in [1.82, 2.24) is 0 Å². The van der Waals surface area contributed by atoms with Crippen molar-refractivity contribution in [1.29, 1.82) is 0 Å². The minimum absolute atomic E-state index is 0. The SMILES string of the molecule is [Hg].[Hg].[Hg].[Hg].[Na].[Na].[Na].[Na].[Na][Na]. The van der Waals surface area contributed by atoms with Crippen LogP contribution < -0.4 is 0 Å². The van der Waals surface area contributed by atoms with Crippen LogP contribution in [0.1, 0.15) is 0 Å². The Morgan fingerprint density at radius 1 is 0.400 bits per heavy atom. The second-order valence-corrected chi connectivity index (χ2v) is 0. The molecule has 0 spiro atoms. The fourth-order valence-electron chi connectivity index (χ4n) is 0. The van der Waals surface area contributed by atoms with Crippen molar-refractivity contribution in [3.8, 4) is 0 Å². The molecule has 0 aliphatic carbocycles. The molecule has 0 aromatic carbocycles. The fourth-order valence-corrected chi connectivity index (χ4v) is 0. The van der Waals surface area contributed by atoms with E-state index in [1.807, 2.05) is 0 Å². The van der Waals surface area contributed by atoms with Crippen LogP contribution in [0.5, 0.6) is 0 Å². The molecule has 0 saturated carbocycles. The maximum absolute atomic E-state index is 1.44. The number of hydrogen-bond donors (Lipinski definition) is 0. The van der Waals surface area contributed by atoms with E-state index in [-0.39, 0.29) is 229 Å². The topological polar surface area (TPSA) is 0 Å². The van der Waals surface area contributed by atoms with Gasteiger partial charge < -0.3 is 0 Å². The van der Waals surface area contributed by atoms with Crippen LogP contribution in [0, 0.1) is 0 Å². The fraction of sp³-hybridized carbons (Fsp3) is 0. The quantitative estimate of drug-likeness (QED) is 0.241. The van der Waals surface area contributed by atoms with Gasteiger partial charge in [-0.05, 0) is 0 Å². The van der Waals surface area contributed by atoms with Gasteiger partial charge in [-0.2, -0.15) is 0 Å². The van der Waals surface area contributed by atoms with Crippen LogP contribution in [0.4, 0.5) is 0 Å². The summed E-state index contributed by atoms with van der Waals surface area (Å²) in [7, 11) is 0. The minimum atomic E-state index is 0. The Morgan fingerprint density at radius 2 is 0.400 bits per heavy atom. The number of hydrogen-bond acceptors (Lipinski definition) is 0. The van der Waals surface area contributed by atoms with E-state index in [9.17, 15) is 0 Å². The summed E-state index contributed by atoms with van der Waals surface area (Å²) in [5.41, 5.74) is 0. The van der Waals surface area contributed by atoms with Crippen LogP contribution in [0.2, 0.25) is 0 Å². The van der Waals surface area contributed by atoms with Crippen molar-refractivity contribution in [3.63, 3.8) is 0 Å². The Morgan fingerprint density at radius 3 is 0.400 bits per heavy atom. The van der Waals surface area contributed by atoms with Gasteiger partial charge in [-0.3, -0.25) is 0 Å². The molecular formula is Hg4Na6. The van der Waals surface area contributed by atoms with Gasteiger partial charge in [-0.25, -0.2) is 0 Å². The Kier molecular flexibility index (Phi) is 374. The molecule has 0 aromatic rings. The van der Waals surface area contributed by atoms with Gasteiger partial charge in [0.05, 0.1) is 0 Å². The second-order valence-electron chi connectivity index (χ2n) is 0. The predicted octanol–water partition coefficient (Wildman–Crippen LogP) is -2.29. The summed E-state index contributed by atoms with van der Waals surface area (Å²) in [6, 6.07) is 0. The molecule has 10 heavy (non-hydrogen) atoms. The van der Waals surface area contributed by atoms with Crippen LogP contribution in [-0.2, 0) is 111 Å². The van der Waals surface area contributed by atoms with E-state index < -0.39 is 0 Å². The molecule has 0 heterocycles. The molecule has 0 aromatic heterocycles. The standard InChI is InChI=1S/4Hg.6Na. The van der Waals surface area contributed by atoms with Gasteiger partial charge in [0.25, 0.3) is 0 Å². The van der Waals surface area contributed by atoms with Crippen LogP contribution >= 0.6 is 0 Å². The third-order valence-corrected chi connectivity index (χ3v) is 0. The molecule has 0 aliphatic rings. The third-order valence-electron chi connectivity index (χ3n) is 0. The molecule has 0 saturated heterocycles. The summed E-state index contributed by atoms with van der Waals surface area (Å²) in [6.07, 6.45) is 0. The Balaban J connectivity index is -0.000000000179. The van der Waals surface area contributed by atoms with Crippen LogP contribution in [-0.4, -0.2) is 162 Å². The molecule has 14 valence electrons. The van der Waals surface area contributed by atoms with E-state index in [0.29, 0.717) is 0 Å². The van der Waals surface area contributed by atoms with Crippen LogP contribution in [0.3, 0.4) is 0 Å². The monoisotopic (exact) mass is 946 g/mol. The first-order valence-corrected chi connectivity index (χ1v) is 9.00. The van der Waals surface area contributed by atoms with Crippen molar-refractivity contribution in [2.24, 2.45) is 0 Å². The van der Waals surface area contributed by atoms with E-state index in [1.165, 1.54) is 43.6 Å². The van der Waals surface area contributed by atoms with Crippen molar-refractivity contribution in [3.05, 3.63) is 0 Å². The summed E-state index contributed by atoms with van der Waals surface area (Å²) < 4.78 is 0. The average molecular weight is 940 g/mol. The molecule has 0 bridgehead atoms.